The maximum atomic E-state index is 12.2. The van der Waals surface area contributed by atoms with Gasteiger partial charge in [-0.05, 0) is 37.5 Å². The molecule has 0 fully saturated rings. The zero-order valence-corrected chi connectivity index (χ0v) is 12.8. The van der Waals surface area contributed by atoms with Gasteiger partial charge in [0.1, 0.15) is 0 Å². The van der Waals surface area contributed by atoms with Gasteiger partial charge in [0.15, 0.2) is 9.84 Å². The largest absolute Gasteiger partial charge is 0.396 e. The maximum Gasteiger partial charge on any atom is 0.251 e. The van der Waals surface area contributed by atoms with Crippen molar-refractivity contribution in [3.05, 3.63) is 29.3 Å². The van der Waals surface area contributed by atoms with E-state index in [4.69, 9.17) is 5.11 Å². The van der Waals surface area contributed by atoms with E-state index in [0.29, 0.717) is 24.0 Å². The van der Waals surface area contributed by atoms with Gasteiger partial charge in [-0.25, -0.2) is 8.42 Å². The molecule has 1 unspecified atom stereocenters. The van der Waals surface area contributed by atoms with Crippen LogP contribution in [0.2, 0.25) is 0 Å². The fourth-order valence-electron chi connectivity index (χ4n) is 1.87. The van der Waals surface area contributed by atoms with Crippen molar-refractivity contribution in [3.8, 4) is 0 Å². The first-order valence-corrected chi connectivity index (χ1v) is 8.41. The molecule has 0 bridgehead atoms. The Morgan fingerprint density at radius 3 is 2.55 bits per heavy atom. The number of aryl methyl sites for hydroxylation is 1. The van der Waals surface area contributed by atoms with Crippen LogP contribution in [0.1, 0.15) is 35.7 Å². The van der Waals surface area contributed by atoms with E-state index in [1.54, 1.807) is 13.0 Å². The minimum absolute atomic E-state index is 0.00114. The normalized spacial score (nSPS) is 13.0. The predicted octanol–water partition coefficient (Wildman–Crippen LogP) is 1.29. The van der Waals surface area contributed by atoms with Gasteiger partial charge in [-0.3, -0.25) is 4.79 Å². The van der Waals surface area contributed by atoms with Crippen molar-refractivity contribution >= 4 is 15.7 Å². The van der Waals surface area contributed by atoms with Gasteiger partial charge < -0.3 is 10.4 Å². The summed E-state index contributed by atoms with van der Waals surface area (Å²) in [5.74, 6) is -0.312. The standard InChI is InChI=1S/C14H21NO4S/c1-4-11(7-8-16)15-14(17)13-9-12(20(3,18)19)6-5-10(13)2/h5-6,9,11,16H,4,7-8H2,1-3H3,(H,15,17). The van der Waals surface area contributed by atoms with Crippen molar-refractivity contribution in [1.29, 1.82) is 0 Å². The van der Waals surface area contributed by atoms with E-state index in [0.717, 1.165) is 6.26 Å². The summed E-state index contributed by atoms with van der Waals surface area (Å²) in [5.41, 5.74) is 1.07. The molecule has 0 aliphatic rings. The van der Waals surface area contributed by atoms with Crippen LogP contribution in [0.5, 0.6) is 0 Å². The molecular weight excluding hydrogens is 278 g/mol. The van der Waals surface area contributed by atoms with Crippen molar-refractivity contribution in [2.24, 2.45) is 0 Å². The van der Waals surface area contributed by atoms with E-state index in [1.165, 1.54) is 12.1 Å². The summed E-state index contributed by atoms with van der Waals surface area (Å²) < 4.78 is 23.1. The summed E-state index contributed by atoms with van der Waals surface area (Å²) in [5, 5.41) is 11.7. The van der Waals surface area contributed by atoms with Crippen LogP contribution >= 0.6 is 0 Å². The lowest BCUT2D eigenvalue weighted by Gasteiger charge is -2.17. The summed E-state index contributed by atoms with van der Waals surface area (Å²) in [6.45, 7) is 3.68. The molecular formula is C14H21NO4S. The van der Waals surface area contributed by atoms with Crippen LogP contribution in [-0.2, 0) is 9.84 Å². The van der Waals surface area contributed by atoms with Crippen LogP contribution in [0.25, 0.3) is 0 Å². The molecule has 0 aliphatic carbocycles. The number of hydrogen-bond donors (Lipinski definition) is 2. The van der Waals surface area contributed by atoms with Gasteiger partial charge in [0.25, 0.3) is 5.91 Å². The number of aliphatic hydroxyl groups is 1. The van der Waals surface area contributed by atoms with E-state index in [1.807, 2.05) is 6.92 Å². The monoisotopic (exact) mass is 299 g/mol. The smallest absolute Gasteiger partial charge is 0.251 e. The highest BCUT2D eigenvalue weighted by atomic mass is 32.2. The third-order valence-electron chi connectivity index (χ3n) is 3.19. The average Bonchev–Trinajstić information content (AvgIpc) is 2.37. The second kappa shape index (κ2) is 6.85. The van der Waals surface area contributed by atoms with E-state index in [9.17, 15) is 13.2 Å². The quantitative estimate of drug-likeness (QED) is 0.829. The highest BCUT2D eigenvalue weighted by molar-refractivity contribution is 7.90. The van der Waals surface area contributed by atoms with E-state index in [-0.39, 0.29) is 23.5 Å². The predicted molar refractivity (Wildman–Crippen MR) is 77.5 cm³/mol. The van der Waals surface area contributed by atoms with Gasteiger partial charge in [0, 0.05) is 24.5 Å². The van der Waals surface area contributed by atoms with Crippen molar-refractivity contribution in [1.82, 2.24) is 5.32 Å². The Balaban J connectivity index is 3.03. The van der Waals surface area contributed by atoms with Crippen LogP contribution < -0.4 is 5.32 Å². The number of aliphatic hydroxyl groups excluding tert-OH is 1. The van der Waals surface area contributed by atoms with Crippen molar-refractivity contribution < 1.29 is 18.3 Å². The molecule has 1 amide bonds. The first kappa shape index (κ1) is 16.7. The Bertz CT molecular complexity index is 581. The lowest BCUT2D eigenvalue weighted by Crippen LogP contribution is -2.35. The second-order valence-corrected chi connectivity index (χ2v) is 6.86. The first-order chi connectivity index (χ1) is 9.29. The zero-order chi connectivity index (χ0) is 15.3. The van der Waals surface area contributed by atoms with E-state index < -0.39 is 9.84 Å². The van der Waals surface area contributed by atoms with Crippen LogP contribution in [0.15, 0.2) is 23.1 Å². The van der Waals surface area contributed by atoms with Crippen molar-refractivity contribution in [2.45, 2.75) is 37.6 Å². The Labute approximate surface area is 119 Å². The summed E-state index contributed by atoms with van der Waals surface area (Å²) >= 11 is 0. The molecule has 0 saturated heterocycles. The number of carbonyl (C=O) groups is 1. The molecule has 1 rings (SSSR count). The van der Waals surface area contributed by atoms with E-state index >= 15 is 0 Å². The van der Waals surface area contributed by atoms with Gasteiger partial charge in [0.2, 0.25) is 0 Å². The number of carbonyl (C=O) groups excluding carboxylic acids is 1. The molecule has 1 aromatic carbocycles. The third kappa shape index (κ3) is 4.31. The fraction of sp³-hybridized carbons (Fsp3) is 0.500. The Morgan fingerprint density at radius 1 is 1.40 bits per heavy atom. The molecule has 6 heteroatoms. The number of rotatable bonds is 6. The number of amides is 1. The molecule has 112 valence electrons. The van der Waals surface area contributed by atoms with Gasteiger partial charge in [-0.15, -0.1) is 0 Å². The second-order valence-electron chi connectivity index (χ2n) is 4.84. The summed E-state index contributed by atoms with van der Waals surface area (Å²) in [6.07, 6.45) is 2.30. The lowest BCUT2D eigenvalue weighted by atomic mass is 10.1. The number of hydrogen-bond acceptors (Lipinski definition) is 4. The minimum Gasteiger partial charge on any atom is -0.396 e. The number of sulfone groups is 1. The van der Waals surface area contributed by atoms with Crippen molar-refractivity contribution in [2.75, 3.05) is 12.9 Å². The SMILES string of the molecule is CCC(CCO)NC(=O)c1cc(S(C)(=O)=O)ccc1C. The highest BCUT2D eigenvalue weighted by Gasteiger charge is 2.16. The molecule has 1 aromatic rings. The Hall–Kier alpha value is -1.40. The zero-order valence-electron chi connectivity index (χ0n) is 12.0. The molecule has 0 aliphatic heterocycles. The summed E-state index contributed by atoms with van der Waals surface area (Å²) in [6, 6.07) is 4.39. The van der Waals surface area contributed by atoms with Gasteiger partial charge in [0.05, 0.1) is 4.90 Å². The van der Waals surface area contributed by atoms with E-state index in [2.05, 4.69) is 5.32 Å². The molecule has 5 nitrogen and oxygen atoms in total. The van der Waals surface area contributed by atoms with Crippen LogP contribution in [-0.4, -0.2) is 38.3 Å². The van der Waals surface area contributed by atoms with Crippen molar-refractivity contribution in [3.63, 3.8) is 0 Å². The van der Waals surface area contributed by atoms with Crippen LogP contribution in [0.3, 0.4) is 0 Å². The molecule has 20 heavy (non-hydrogen) atoms. The summed E-state index contributed by atoms with van der Waals surface area (Å²) in [4.78, 5) is 12.3. The fourth-order valence-corrected chi connectivity index (χ4v) is 2.52. The average molecular weight is 299 g/mol. The van der Waals surface area contributed by atoms with Gasteiger partial charge >= 0.3 is 0 Å². The minimum atomic E-state index is -3.34. The molecule has 0 radical (unpaired) electrons. The molecule has 0 aromatic heterocycles. The molecule has 0 spiro atoms. The van der Waals surface area contributed by atoms with Gasteiger partial charge in [-0.1, -0.05) is 13.0 Å². The maximum absolute atomic E-state index is 12.2. The Kier molecular flexibility index (Phi) is 5.71. The number of nitrogens with one attached hydrogen (secondary N) is 1. The van der Waals surface area contributed by atoms with Crippen LogP contribution in [0.4, 0.5) is 0 Å². The first-order valence-electron chi connectivity index (χ1n) is 6.52. The third-order valence-corrected chi connectivity index (χ3v) is 4.30. The van der Waals surface area contributed by atoms with Gasteiger partial charge in [-0.2, -0.15) is 0 Å². The summed E-state index contributed by atoms with van der Waals surface area (Å²) in [7, 11) is -3.34. The molecule has 1 atom stereocenters. The van der Waals surface area contributed by atoms with Crippen LogP contribution in [0, 0.1) is 6.92 Å². The lowest BCUT2D eigenvalue weighted by molar-refractivity contribution is 0.0928. The number of benzene rings is 1. The highest BCUT2D eigenvalue weighted by Crippen LogP contribution is 2.16. The molecule has 0 saturated carbocycles. The molecule has 2 N–H and O–H groups in total. The topological polar surface area (TPSA) is 83.5 Å². The molecule has 0 heterocycles. The Morgan fingerprint density at radius 2 is 2.05 bits per heavy atom.